The molecule has 1 fully saturated rings. The zero-order valence-corrected chi connectivity index (χ0v) is 6.79. The van der Waals surface area contributed by atoms with Gasteiger partial charge in [-0.3, -0.25) is 9.59 Å². The second kappa shape index (κ2) is 3.03. The fourth-order valence-corrected chi connectivity index (χ4v) is 1.12. The van der Waals surface area contributed by atoms with Crippen molar-refractivity contribution in [2.24, 2.45) is 11.8 Å². The molecule has 2 atom stereocenters. The molecule has 0 saturated heterocycles. The van der Waals surface area contributed by atoms with Gasteiger partial charge < -0.3 is 4.74 Å². The number of carbonyl (C=O) groups excluding carboxylic acids is 2. The van der Waals surface area contributed by atoms with Gasteiger partial charge in [-0.1, -0.05) is 6.92 Å². The lowest BCUT2D eigenvalue weighted by molar-refractivity contribution is -0.143. The molecule has 0 radical (unpaired) electrons. The quantitative estimate of drug-likeness (QED) is 0.448. The molecule has 1 saturated carbocycles. The lowest BCUT2D eigenvalue weighted by atomic mass is 10.2. The second-order valence-corrected chi connectivity index (χ2v) is 3.04. The van der Waals surface area contributed by atoms with Crippen molar-refractivity contribution in [3.05, 3.63) is 0 Å². The number of methoxy groups -OCH3 is 1. The van der Waals surface area contributed by atoms with Gasteiger partial charge in [-0.05, 0) is 12.3 Å². The summed E-state index contributed by atoms with van der Waals surface area (Å²) >= 11 is 0. The summed E-state index contributed by atoms with van der Waals surface area (Å²) in [6.07, 6.45) is 0.890. The first kappa shape index (κ1) is 8.24. The molecule has 0 amide bonds. The van der Waals surface area contributed by atoms with Crippen LogP contribution in [0.25, 0.3) is 0 Å². The maximum absolute atomic E-state index is 11.1. The number of ketones is 1. The minimum atomic E-state index is -0.422. The largest absolute Gasteiger partial charge is 0.469 e. The van der Waals surface area contributed by atoms with Crippen molar-refractivity contribution in [1.29, 1.82) is 0 Å². The predicted molar refractivity (Wildman–Crippen MR) is 38.9 cm³/mol. The Kier molecular flexibility index (Phi) is 2.27. The van der Waals surface area contributed by atoms with Crippen LogP contribution in [0.3, 0.4) is 0 Å². The highest BCUT2D eigenvalue weighted by Gasteiger charge is 2.39. The predicted octanol–water partition coefficient (Wildman–Crippen LogP) is 0.775. The first-order valence-corrected chi connectivity index (χ1v) is 3.74. The van der Waals surface area contributed by atoms with Gasteiger partial charge in [0.15, 0.2) is 0 Å². The topological polar surface area (TPSA) is 43.4 Å². The van der Waals surface area contributed by atoms with Crippen molar-refractivity contribution in [3.8, 4) is 0 Å². The van der Waals surface area contributed by atoms with E-state index in [1.54, 1.807) is 0 Å². The zero-order valence-electron chi connectivity index (χ0n) is 6.79. The van der Waals surface area contributed by atoms with Crippen LogP contribution in [0.4, 0.5) is 0 Å². The van der Waals surface area contributed by atoms with Crippen molar-refractivity contribution in [1.82, 2.24) is 0 Å². The molecule has 0 spiro atoms. The zero-order chi connectivity index (χ0) is 8.43. The number of hydrogen-bond donors (Lipinski definition) is 0. The third-order valence-electron chi connectivity index (χ3n) is 2.07. The molecular weight excluding hydrogens is 144 g/mol. The molecule has 0 aromatic carbocycles. The summed E-state index contributed by atoms with van der Waals surface area (Å²) in [5.74, 6) is 0.222. The van der Waals surface area contributed by atoms with E-state index in [1.165, 1.54) is 7.11 Å². The Labute approximate surface area is 65.7 Å². The van der Waals surface area contributed by atoms with E-state index in [0.29, 0.717) is 5.92 Å². The van der Waals surface area contributed by atoms with Gasteiger partial charge in [-0.25, -0.2) is 0 Å². The minimum Gasteiger partial charge on any atom is -0.469 e. The Bertz CT molecular complexity index is 186. The van der Waals surface area contributed by atoms with Crippen LogP contribution in [-0.4, -0.2) is 18.9 Å². The Morgan fingerprint density at radius 1 is 1.55 bits per heavy atom. The van der Waals surface area contributed by atoms with Crippen LogP contribution in [0.2, 0.25) is 0 Å². The molecule has 0 aromatic rings. The summed E-state index contributed by atoms with van der Waals surface area (Å²) < 4.78 is 4.37. The minimum absolute atomic E-state index is 0.0318. The lowest BCUT2D eigenvalue weighted by Crippen LogP contribution is -2.11. The maximum atomic E-state index is 11.1. The molecule has 0 N–H and O–H groups in total. The molecule has 62 valence electrons. The molecule has 1 aliphatic carbocycles. The normalized spacial score (nSPS) is 27.8. The molecular formula is C8H12O3. The summed E-state index contributed by atoms with van der Waals surface area (Å²) in [4.78, 5) is 21.7. The monoisotopic (exact) mass is 156 g/mol. The highest BCUT2D eigenvalue weighted by molar-refractivity contribution is 5.98. The molecule has 3 heteroatoms. The van der Waals surface area contributed by atoms with Crippen LogP contribution in [0.1, 0.15) is 19.8 Å². The van der Waals surface area contributed by atoms with Gasteiger partial charge in [0.1, 0.15) is 12.2 Å². The molecule has 0 aromatic heterocycles. The fourth-order valence-electron chi connectivity index (χ4n) is 1.12. The van der Waals surface area contributed by atoms with Crippen molar-refractivity contribution in [2.45, 2.75) is 19.8 Å². The molecule has 1 aliphatic rings. The Morgan fingerprint density at radius 3 is 2.45 bits per heavy atom. The average molecular weight is 156 g/mol. The standard InChI is InChI=1S/C8H12O3/c1-5-3-6(5)7(9)4-8(10)11-2/h5-6H,3-4H2,1-2H3/t5-,6-/m0/s1. The molecule has 1 rings (SSSR count). The summed E-state index contributed by atoms with van der Waals surface area (Å²) in [5.41, 5.74) is 0. The van der Waals surface area contributed by atoms with Crippen LogP contribution in [-0.2, 0) is 14.3 Å². The van der Waals surface area contributed by atoms with E-state index in [1.807, 2.05) is 6.92 Å². The Morgan fingerprint density at radius 2 is 2.09 bits per heavy atom. The number of rotatable bonds is 3. The highest BCUT2D eigenvalue weighted by atomic mass is 16.5. The van der Waals surface area contributed by atoms with Gasteiger partial charge in [-0.2, -0.15) is 0 Å². The number of hydrogen-bond acceptors (Lipinski definition) is 3. The average Bonchev–Trinajstić information content (AvgIpc) is 2.66. The van der Waals surface area contributed by atoms with Gasteiger partial charge in [0, 0.05) is 5.92 Å². The van der Waals surface area contributed by atoms with E-state index in [9.17, 15) is 9.59 Å². The van der Waals surface area contributed by atoms with E-state index >= 15 is 0 Å². The van der Waals surface area contributed by atoms with Gasteiger partial charge >= 0.3 is 5.97 Å². The Balaban J connectivity index is 2.27. The van der Waals surface area contributed by atoms with Crippen molar-refractivity contribution in [2.75, 3.05) is 7.11 Å². The Hall–Kier alpha value is -0.860. The number of carbonyl (C=O) groups is 2. The summed E-state index contributed by atoms with van der Waals surface area (Å²) in [5, 5.41) is 0. The number of ether oxygens (including phenoxy) is 1. The maximum Gasteiger partial charge on any atom is 0.313 e. The number of Topliss-reactive ketones (excluding diaryl/α,β-unsaturated/α-hetero) is 1. The first-order valence-electron chi connectivity index (χ1n) is 3.74. The summed E-state index contributed by atoms with van der Waals surface area (Å²) in [6, 6.07) is 0. The summed E-state index contributed by atoms with van der Waals surface area (Å²) in [6.45, 7) is 2.01. The van der Waals surface area contributed by atoms with Crippen molar-refractivity contribution in [3.63, 3.8) is 0 Å². The van der Waals surface area contributed by atoms with Crippen molar-refractivity contribution >= 4 is 11.8 Å². The van der Waals surface area contributed by atoms with E-state index in [-0.39, 0.29) is 18.1 Å². The first-order chi connectivity index (χ1) is 5.15. The van der Waals surface area contributed by atoms with E-state index < -0.39 is 5.97 Å². The molecule has 3 nitrogen and oxygen atoms in total. The molecule has 0 unspecified atom stereocenters. The SMILES string of the molecule is COC(=O)CC(=O)[C@H]1C[C@@H]1C. The highest BCUT2D eigenvalue weighted by Crippen LogP contribution is 2.39. The van der Waals surface area contributed by atoms with Gasteiger partial charge in [0.05, 0.1) is 7.11 Å². The van der Waals surface area contributed by atoms with Crippen LogP contribution in [0.15, 0.2) is 0 Å². The van der Waals surface area contributed by atoms with E-state index in [2.05, 4.69) is 4.74 Å². The molecule has 11 heavy (non-hydrogen) atoms. The van der Waals surface area contributed by atoms with Crippen LogP contribution in [0.5, 0.6) is 0 Å². The molecule has 0 heterocycles. The van der Waals surface area contributed by atoms with E-state index in [4.69, 9.17) is 0 Å². The van der Waals surface area contributed by atoms with Crippen LogP contribution >= 0.6 is 0 Å². The molecule has 0 aliphatic heterocycles. The van der Waals surface area contributed by atoms with E-state index in [0.717, 1.165) is 6.42 Å². The van der Waals surface area contributed by atoms with Gasteiger partial charge in [0.2, 0.25) is 0 Å². The van der Waals surface area contributed by atoms with Gasteiger partial charge in [0.25, 0.3) is 0 Å². The van der Waals surface area contributed by atoms with Crippen molar-refractivity contribution < 1.29 is 14.3 Å². The fraction of sp³-hybridized carbons (Fsp3) is 0.750. The summed E-state index contributed by atoms with van der Waals surface area (Å²) in [7, 11) is 1.30. The smallest absolute Gasteiger partial charge is 0.313 e. The van der Waals surface area contributed by atoms with Crippen LogP contribution < -0.4 is 0 Å². The third-order valence-corrected chi connectivity index (χ3v) is 2.07. The van der Waals surface area contributed by atoms with Gasteiger partial charge in [-0.15, -0.1) is 0 Å². The number of esters is 1. The lowest BCUT2D eigenvalue weighted by Gasteiger charge is -1.96. The second-order valence-electron chi connectivity index (χ2n) is 3.04. The van der Waals surface area contributed by atoms with Crippen LogP contribution in [0, 0.1) is 11.8 Å². The third kappa shape index (κ3) is 2.03. The molecule has 0 bridgehead atoms.